The first-order chi connectivity index (χ1) is 13.8. The van der Waals surface area contributed by atoms with Gasteiger partial charge in [0.05, 0.1) is 22.4 Å². The van der Waals surface area contributed by atoms with Gasteiger partial charge in [-0.25, -0.2) is 9.69 Å². The van der Waals surface area contributed by atoms with Gasteiger partial charge in [0.25, 0.3) is 17.7 Å². The third-order valence-electron chi connectivity index (χ3n) is 4.55. The van der Waals surface area contributed by atoms with Gasteiger partial charge in [0.15, 0.2) is 6.10 Å². The Morgan fingerprint density at radius 2 is 1.83 bits per heavy atom. The molecule has 0 unspecified atom stereocenters. The quantitative estimate of drug-likeness (QED) is 0.463. The van der Waals surface area contributed by atoms with Crippen LogP contribution in [0.2, 0.25) is 0 Å². The van der Waals surface area contributed by atoms with Crippen LogP contribution in [0.5, 0.6) is 0 Å². The molecule has 1 heterocycles. The summed E-state index contributed by atoms with van der Waals surface area (Å²) in [5.74, 6) is -2.18. The van der Waals surface area contributed by atoms with Crippen molar-refractivity contribution < 1.29 is 23.9 Å². The molecule has 2 aromatic carbocycles. The number of fused-ring (bicyclic) bond motifs is 1. The van der Waals surface area contributed by atoms with E-state index in [-0.39, 0.29) is 23.2 Å². The summed E-state index contributed by atoms with van der Waals surface area (Å²) in [4.78, 5) is 50.9. The summed E-state index contributed by atoms with van der Waals surface area (Å²) in [7, 11) is 0. The molecule has 0 aliphatic carbocycles. The summed E-state index contributed by atoms with van der Waals surface area (Å²) in [6.45, 7) is 7.00. The highest BCUT2D eigenvalue weighted by molar-refractivity contribution is 6.34. The number of amides is 3. The molecule has 7 nitrogen and oxygen atoms in total. The first-order valence-electron chi connectivity index (χ1n) is 9.03. The smallest absolute Gasteiger partial charge is 0.338 e. The van der Waals surface area contributed by atoms with E-state index >= 15 is 0 Å². The zero-order valence-corrected chi connectivity index (χ0v) is 16.1. The van der Waals surface area contributed by atoms with Crippen LogP contribution in [0.1, 0.15) is 43.6 Å². The van der Waals surface area contributed by atoms with Crippen molar-refractivity contribution in [3.05, 3.63) is 77.4 Å². The monoisotopic (exact) mass is 392 g/mol. The van der Waals surface area contributed by atoms with Crippen LogP contribution in [-0.2, 0) is 9.53 Å². The van der Waals surface area contributed by atoms with Crippen molar-refractivity contribution in [3.63, 3.8) is 0 Å². The van der Waals surface area contributed by atoms with E-state index in [2.05, 4.69) is 11.9 Å². The lowest BCUT2D eigenvalue weighted by Crippen LogP contribution is -2.35. The number of carbonyl (C=O) groups excluding carboxylic acids is 4. The van der Waals surface area contributed by atoms with Gasteiger partial charge in [-0.1, -0.05) is 24.3 Å². The second-order valence-electron chi connectivity index (χ2n) is 6.57. The molecular weight excluding hydrogens is 372 g/mol. The maximum Gasteiger partial charge on any atom is 0.338 e. The molecule has 3 amide bonds. The van der Waals surface area contributed by atoms with Crippen LogP contribution in [0.3, 0.4) is 0 Å². The Bertz CT molecular complexity index is 1030. The van der Waals surface area contributed by atoms with Gasteiger partial charge in [-0.3, -0.25) is 14.4 Å². The first kappa shape index (κ1) is 20.0. The maximum absolute atomic E-state index is 12.9. The molecule has 0 fully saturated rings. The van der Waals surface area contributed by atoms with E-state index in [0.717, 1.165) is 10.5 Å². The molecule has 29 heavy (non-hydrogen) atoms. The number of para-hydroxylation sites is 1. The Morgan fingerprint density at radius 1 is 1.14 bits per heavy atom. The van der Waals surface area contributed by atoms with Gasteiger partial charge in [0, 0.05) is 6.54 Å². The largest absolute Gasteiger partial charge is 0.449 e. The fraction of sp³-hybridized carbons (Fsp3) is 0.182. The van der Waals surface area contributed by atoms with Gasteiger partial charge in [0.2, 0.25) is 0 Å². The van der Waals surface area contributed by atoms with Gasteiger partial charge >= 0.3 is 5.97 Å². The Hall–Kier alpha value is -3.74. The number of imide groups is 1. The van der Waals surface area contributed by atoms with Crippen LogP contribution >= 0.6 is 0 Å². The molecule has 148 valence electrons. The van der Waals surface area contributed by atoms with E-state index < -0.39 is 29.8 Å². The number of ether oxygens (including phenoxy) is 1. The lowest BCUT2D eigenvalue weighted by atomic mass is 10.1. The standard InChI is InChI=1S/C22H20N2O5/c1-4-11-23-19(25)14(3)29-22(28)15-9-10-16-17(12-15)21(27)24(20(16)26)18-8-6-5-7-13(18)2/h4-10,12,14H,1,11H2,2-3H3,(H,23,25)/t14-/m0/s1. The Balaban J connectivity index is 1.83. The fourth-order valence-corrected chi connectivity index (χ4v) is 3.00. The van der Waals surface area contributed by atoms with Crippen LogP contribution in [0.15, 0.2) is 55.1 Å². The van der Waals surface area contributed by atoms with Crippen molar-refractivity contribution in [2.75, 3.05) is 11.4 Å². The lowest BCUT2D eigenvalue weighted by molar-refractivity contribution is -0.128. The average molecular weight is 392 g/mol. The molecule has 1 N–H and O–H groups in total. The number of hydrogen-bond donors (Lipinski definition) is 1. The number of nitrogens with zero attached hydrogens (tertiary/aromatic N) is 1. The molecule has 2 aromatic rings. The first-order valence-corrected chi connectivity index (χ1v) is 9.03. The van der Waals surface area contributed by atoms with E-state index in [1.54, 1.807) is 25.1 Å². The highest BCUT2D eigenvalue weighted by atomic mass is 16.5. The third-order valence-corrected chi connectivity index (χ3v) is 4.55. The topological polar surface area (TPSA) is 92.8 Å². The number of hydrogen-bond acceptors (Lipinski definition) is 5. The molecule has 0 spiro atoms. The molecule has 0 aromatic heterocycles. The molecule has 1 aliphatic rings. The van der Waals surface area contributed by atoms with Crippen LogP contribution in [0.4, 0.5) is 5.69 Å². The van der Waals surface area contributed by atoms with E-state index in [4.69, 9.17) is 4.74 Å². The van der Waals surface area contributed by atoms with Crippen LogP contribution < -0.4 is 10.2 Å². The van der Waals surface area contributed by atoms with E-state index in [1.807, 2.05) is 6.07 Å². The Labute approximate surface area is 168 Å². The normalized spacial score (nSPS) is 13.7. The molecule has 0 radical (unpaired) electrons. The predicted octanol–water partition coefficient (Wildman–Crippen LogP) is 2.64. The van der Waals surface area contributed by atoms with Crippen molar-refractivity contribution in [1.82, 2.24) is 5.32 Å². The van der Waals surface area contributed by atoms with E-state index in [0.29, 0.717) is 5.69 Å². The van der Waals surface area contributed by atoms with E-state index in [1.165, 1.54) is 31.2 Å². The summed E-state index contributed by atoms with van der Waals surface area (Å²) in [5, 5.41) is 2.53. The Kier molecular flexibility index (Phi) is 5.59. The highest BCUT2D eigenvalue weighted by Gasteiger charge is 2.38. The van der Waals surface area contributed by atoms with Crippen molar-refractivity contribution in [2.45, 2.75) is 20.0 Å². The fourth-order valence-electron chi connectivity index (χ4n) is 3.00. The van der Waals surface area contributed by atoms with Crippen LogP contribution in [0.25, 0.3) is 0 Å². The summed E-state index contributed by atoms with van der Waals surface area (Å²) >= 11 is 0. The number of carbonyl (C=O) groups is 4. The summed E-state index contributed by atoms with van der Waals surface area (Å²) < 4.78 is 5.15. The van der Waals surface area contributed by atoms with Crippen LogP contribution in [0, 0.1) is 6.92 Å². The number of esters is 1. The lowest BCUT2D eigenvalue weighted by Gasteiger charge is -2.16. The van der Waals surface area contributed by atoms with Gasteiger partial charge in [0.1, 0.15) is 0 Å². The zero-order valence-electron chi connectivity index (χ0n) is 16.1. The number of nitrogens with one attached hydrogen (secondary N) is 1. The number of anilines is 1. The van der Waals surface area contributed by atoms with Crippen molar-refractivity contribution >= 4 is 29.4 Å². The molecular formula is C22H20N2O5. The Morgan fingerprint density at radius 3 is 2.52 bits per heavy atom. The third kappa shape index (κ3) is 3.80. The molecule has 0 bridgehead atoms. The minimum atomic E-state index is -1.02. The van der Waals surface area contributed by atoms with Gasteiger partial charge in [-0.05, 0) is 43.7 Å². The van der Waals surface area contributed by atoms with Crippen molar-refractivity contribution in [2.24, 2.45) is 0 Å². The predicted molar refractivity (Wildman–Crippen MR) is 107 cm³/mol. The minimum absolute atomic E-state index is 0.0832. The molecule has 7 heteroatoms. The number of aryl methyl sites for hydroxylation is 1. The average Bonchev–Trinajstić information content (AvgIpc) is 2.96. The molecule has 0 saturated heterocycles. The van der Waals surface area contributed by atoms with E-state index in [9.17, 15) is 19.2 Å². The summed E-state index contributed by atoms with van der Waals surface area (Å²) in [6, 6.07) is 11.2. The van der Waals surface area contributed by atoms with Gasteiger partial charge in [-0.2, -0.15) is 0 Å². The number of rotatable bonds is 6. The van der Waals surface area contributed by atoms with Gasteiger partial charge < -0.3 is 10.1 Å². The zero-order chi connectivity index (χ0) is 21.1. The molecule has 1 aliphatic heterocycles. The molecule has 3 rings (SSSR count). The second kappa shape index (κ2) is 8.10. The SMILES string of the molecule is C=CCNC(=O)[C@H](C)OC(=O)c1ccc2c(c1)C(=O)N(c1ccccc1C)C2=O. The minimum Gasteiger partial charge on any atom is -0.449 e. The summed E-state index contributed by atoms with van der Waals surface area (Å²) in [5.41, 5.74) is 1.69. The number of benzene rings is 2. The maximum atomic E-state index is 12.9. The van der Waals surface area contributed by atoms with Gasteiger partial charge in [-0.15, -0.1) is 6.58 Å². The van der Waals surface area contributed by atoms with Crippen molar-refractivity contribution in [3.8, 4) is 0 Å². The van der Waals surface area contributed by atoms with Crippen molar-refractivity contribution in [1.29, 1.82) is 0 Å². The summed E-state index contributed by atoms with van der Waals surface area (Å²) in [6.07, 6.45) is 0.493. The van der Waals surface area contributed by atoms with Crippen LogP contribution in [-0.4, -0.2) is 36.3 Å². The molecule has 0 saturated carbocycles. The second-order valence-corrected chi connectivity index (χ2v) is 6.57. The molecule has 1 atom stereocenters. The highest BCUT2D eigenvalue weighted by Crippen LogP contribution is 2.31.